The Morgan fingerprint density at radius 2 is 1.94 bits per heavy atom. The van der Waals surface area contributed by atoms with Crippen LogP contribution in [0.2, 0.25) is 5.02 Å². The molecule has 0 aliphatic carbocycles. The highest BCUT2D eigenvalue weighted by atomic mass is 35.5. The van der Waals surface area contributed by atoms with E-state index in [0.717, 1.165) is 5.56 Å². The summed E-state index contributed by atoms with van der Waals surface area (Å²) >= 11 is 6.36. The Labute approximate surface area is 192 Å². The lowest BCUT2D eigenvalue weighted by Gasteiger charge is -2.26. The van der Waals surface area contributed by atoms with E-state index in [2.05, 4.69) is 9.97 Å². The van der Waals surface area contributed by atoms with Crippen molar-refractivity contribution in [3.05, 3.63) is 41.3 Å². The number of aromatic nitrogens is 2. The molecule has 8 nitrogen and oxygen atoms in total. The van der Waals surface area contributed by atoms with Crippen LogP contribution in [0.4, 0.5) is 4.79 Å². The van der Waals surface area contributed by atoms with E-state index in [1.54, 1.807) is 39.0 Å². The quantitative estimate of drug-likeness (QED) is 0.684. The zero-order chi connectivity index (χ0) is 23.6. The Bertz CT molecular complexity index is 1010. The zero-order valence-electron chi connectivity index (χ0n) is 18.8. The molecule has 1 aromatic carbocycles. The average molecular weight is 462 g/mol. The molecule has 0 spiro atoms. The van der Waals surface area contributed by atoms with Gasteiger partial charge in [-0.1, -0.05) is 11.6 Å². The number of carboxylic acids is 1. The van der Waals surface area contributed by atoms with E-state index in [1.807, 2.05) is 19.9 Å². The predicted octanol–water partition coefficient (Wildman–Crippen LogP) is 4.76. The molecule has 2 aromatic rings. The van der Waals surface area contributed by atoms with Gasteiger partial charge in [0.2, 0.25) is 0 Å². The van der Waals surface area contributed by atoms with Crippen LogP contribution < -0.4 is 4.74 Å². The molecular weight excluding hydrogens is 434 g/mol. The average Bonchev–Trinajstić information content (AvgIpc) is 3.14. The standard InChI is InChI=1S/C23H28ClN3O5/c1-13(2)31-20-7-6-14(8-16(20)24)17-10-18(26-12-25-17)15-9-19(21(28)29)27(11-15)22(30)32-23(3,4)5/h6-8,10,12-13,15,19H,9,11H2,1-5H3,(H,28,29). The van der Waals surface area contributed by atoms with Crippen molar-refractivity contribution in [3.63, 3.8) is 0 Å². The van der Waals surface area contributed by atoms with Crippen molar-refractivity contribution in [3.8, 4) is 17.0 Å². The van der Waals surface area contributed by atoms with Crippen LogP contribution in [0, 0.1) is 0 Å². The highest BCUT2D eigenvalue weighted by molar-refractivity contribution is 6.32. The van der Waals surface area contributed by atoms with Gasteiger partial charge < -0.3 is 14.6 Å². The number of carbonyl (C=O) groups is 2. The largest absolute Gasteiger partial charge is 0.489 e. The van der Waals surface area contributed by atoms with Crippen molar-refractivity contribution in [2.45, 2.75) is 64.7 Å². The van der Waals surface area contributed by atoms with Crippen LogP contribution >= 0.6 is 11.6 Å². The maximum Gasteiger partial charge on any atom is 0.411 e. The Hall–Kier alpha value is -2.87. The van der Waals surface area contributed by atoms with Crippen molar-refractivity contribution < 1.29 is 24.2 Å². The highest BCUT2D eigenvalue weighted by Gasteiger charge is 2.42. The van der Waals surface area contributed by atoms with Crippen LogP contribution in [0.3, 0.4) is 0 Å². The number of carboxylic acid groups (broad SMARTS) is 1. The molecule has 0 saturated carbocycles. The van der Waals surface area contributed by atoms with E-state index in [0.29, 0.717) is 22.2 Å². The number of halogens is 1. The van der Waals surface area contributed by atoms with Crippen LogP contribution in [-0.2, 0) is 9.53 Å². The molecule has 0 radical (unpaired) electrons. The zero-order valence-corrected chi connectivity index (χ0v) is 19.6. The summed E-state index contributed by atoms with van der Waals surface area (Å²) in [6.45, 7) is 9.28. The summed E-state index contributed by atoms with van der Waals surface area (Å²) in [4.78, 5) is 34.3. The molecule has 2 atom stereocenters. The van der Waals surface area contributed by atoms with E-state index < -0.39 is 23.7 Å². The number of amides is 1. The maximum absolute atomic E-state index is 12.6. The third-order valence-corrected chi connectivity index (χ3v) is 5.21. The fraction of sp³-hybridized carbons (Fsp3) is 0.478. The van der Waals surface area contributed by atoms with E-state index in [-0.39, 0.29) is 25.0 Å². The third-order valence-electron chi connectivity index (χ3n) is 4.91. The molecule has 1 aromatic heterocycles. The Morgan fingerprint density at radius 3 is 2.53 bits per heavy atom. The summed E-state index contributed by atoms with van der Waals surface area (Å²) in [5.74, 6) is -0.739. The number of rotatable bonds is 5. The van der Waals surface area contributed by atoms with Crippen molar-refractivity contribution >= 4 is 23.7 Å². The molecule has 1 aliphatic heterocycles. The van der Waals surface area contributed by atoms with Gasteiger partial charge in [-0.05, 0) is 65.3 Å². The minimum Gasteiger partial charge on any atom is -0.489 e. The molecule has 1 saturated heterocycles. The van der Waals surface area contributed by atoms with E-state index in [9.17, 15) is 14.7 Å². The molecule has 3 rings (SSSR count). The fourth-order valence-corrected chi connectivity index (χ4v) is 3.79. The van der Waals surface area contributed by atoms with E-state index in [4.69, 9.17) is 21.1 Å². The van der Waals surface area contributed by atoms with Crippen LogP contribution in [0.25, 0.3) is 11.3 Å². The SMILES string of the molecule is CC(C)Oc1ccc(-c2cc(C3CC(C(=O)O)N(C(=O)OC(C)(C)C)C3)ncn2)cc1Cl. The maximum atomic E-state index is 12.6. The number of ether oxygens (including phenoxy) is 2. The van der Waals surface area contributed by atoms with Crippen molar-refractivity contribution in [1.29, 1.82) is 0 Å². The van der Waals surface area contributed by atoms with Gasteiger partial charge in [0.15, 0.2) is 0 Å². The fourth-order valence-electron chi connectivity index (χ4n) is 3.57. The monoisotopic (exact) mass is 461 g/mol. The second-order valence-electron chi connectivity index (χ2n) is 9.06. The highest BCUT2D eigenvalue weighted by Crippen LogP contribution is 2.35. The number of likely N-dealkylation sites (tertiary alicyclic amines) is 1. The van der Waals surface area contributed by atoms with Crippen LogP contribution in [0.5, 0.6) is 5.75 Å². The number of aliphatic carboxylic acids is 1. The molecule has 32 heavy (non-hydrogen) atoms. The number of nitrogens with zero attached hydrogens (tertiary/aromatic N) is 3. The van der Waals surface area contributed by atoms with Gasteiger partial charge in [0.1, 0.15) is 23.7 Å². The second-order valence-corrected chi connectivity index (χ2v) is 9.47. The first-order valence-corrected chi connectivity index (χ1v) is 10.8. The summed E-state index contributed by atoms with van der Waals surface area (Å²) in [5.41, 5.74) is 1.37. The van der Waals surface area contributed by atoms with Gasteiger partial charge in [0, 0.05) is 23.7 Å². The van der Waals surface area contributed by atoms with Crippen LogP contribution in [0.1, 0.15) is 52.7 Å². The smallest absolute Gasteiger partial charge is 0.411 e. The minimum atomic E-state index is -1.07. The molecule has 1 amide bonds. The molecule has 1 N–H and O–H groups in total. The number of carbonyl (C=O) groups excluding carboxylic acids is 1. The van der Waals surface area contributed by atoms with Gasteiger partial charge in [-0.25, -0.2) is 19.6 Å². The van der Waals surface area contributed by atoms with Gasteiger partial charge in [-0.15, -0.1) is 0 Å². The Kier molecular flexibility index (Phi) is 6.93. The first kappa shape index (κ1) is 23.8. The summed E-state index contributed by atoms with van der Waals surface area (Å²) in [7, 11) is 0. The second kappa shape index (κ2) is 9.32. The molecule has 0 bridgehead atoms. The molecule has 172 valence electrons. The minimum absolute atomic E-state index is 0.00136. The summed E-state index contributed by atoms with van der Waals surface area (Å²) < 4.78 is 11.1. The summed E-state index contributed by atoms with van der Waals surface area (Å²) in [5, 5.41) is 10.1. The molecule has 2 heterocycles. The van der Waals surface area contributed by atoms with Gasteiger partial charge >= 0.3 is 12.1 Å². The van der Waals surface area contributed by atoms with Crippen molar-refractivity contribution in [2.75, 3.05) is 6.54 Å². The third kappa shape index (κ3) is 5.68. The number of hydrogen-bond acceptors (Lipinski definition) is 6. The van der Waals surface area contributed by atoms with E-state index in [1.165, 1.54) is 11.2 Å². The molecule has 2 unspecified atom stereocenters. The Morgan fingerprint density at radius 1 is 1.22 bits per heavy atom. The number of benzene rings is 1. The topological polar surface area (TPSA) is 102 Å². The van der Waals surface area contributed by atoms with E-state index >= 15 is 0 Å². The van der Waals surface area contributed by atoms with Crippen LogP contribution in [-0.4, -0.2) is 56.3 Å². The van der Waals surface area contributed by atoms with Crippen molar-refractivity contribution in [1.82, 2.24) is 14.9 Å². The van der Waals surface area contributed by atoms with Gasteiger partial charge in [-0.2, -0.15) is 0 Å². The van der Waals surface area contributed by atoms with Gasteiger partial charge in [0.05, 0.1) is 16.8 Å². The first-order valence-electron chi connectivity index (χ1n) is 10.5. The van der Waals surface area contributed by atoms with Crippen LogP contribution in [0.15, 0.2) is 30.6 Å². The summed E-state index contributed by atoms with van der Waals surface area (Å²) in [6, 6.07) is 6.25. The number of hydrogen-bond donors (Lipinski definition) is 1. The summed E-state index contributed by atoms with van der Waals surface area (Å²) in [6.07, 6.45) is 1.03. The molecular formula is C23H28ClN3O5. The first-order chi connectivity index (χ1) is 14.9. The predicted molar refractivity (Wildman–Crippen MR) is 120 cm³/mol. The lowest BCUT2D eigenvalue weighted by Crippen LogP contribution is -2.43. The molecule has 9 heteroatoms. The Balaban J connectivity index is 1.84. The lowest BCUT2D eigenvalue weighted by molar-refractivity contribution is -0.142. The molecule has 1 fully saturated rings. The van der Waals surface area contributed by atoms with Gasteiger partial charge in [-0.3, -0.25) is 4.90 Å². The lowest BCUT2D eigenvalue weighted by atomic mass is 10.00. The molecule has 1 aliphatic rings. The van der Waals surface area contributed by atoms with Gasteiger partial charge in [0.25, 0.3) is 0 Å². The van der Waals surface area contributed by atoms with Crippen molar-refractivity contribution in [2.24, 2.45) is 0 Å². The normalized spacial score (nSPS) is 18.7.